The number of alkyl halides is 3. The van der Waals surface area contributed by atoms with Gasteiger partial charge in [-0.1, -0.05) is 11.6 Å². The fourth-order valence-corrected chi connectivity index (χ4v) is 1.78. The van der Waals surface area contributed by atoms with Crippen molar-refractivity contribution in [2.24, 2.45) is 0 Å². The summed E-state index contributed by atoms with van der Waals surface area (Å²) in [4.78, 5) is 15.0. The highest BCUT2D eigenvalue weighted by Crippen LogP contribution is 2.32. The van der Waals surface area contributed by atoms with E-state index in [2.05, 4.69) is 15.6 Å². The first-order valence-electron chi connectivity index (χ1n) is 6.12. The first-order chi connectivity index (χ1) is 9.36. The van der Waals surface area contributed by atoms with Crippen LogP contribution >= 0.6 is 11.6 Å². The van der Waals surface area contributed by atoms with Gasteiger partial charge < -0.3 is 10.6 Å². The van der Waals surface area contributed by atoms with Gasteiger partial charge in [-0.05, 0) is 18.9 Å². The smallest absolute Gasteiger partial charge is 0.368 e. The number of carbonyl (C=O) groups excluding carboxylic acids is 1. The fourth-order valence-electron chi connectivity index (χ4n) is 1.54. The molecule has 20 heavy (non-hydrogen) atoms. The van der Waals surface area contributed by atoms with E-state index in [1.807, 2.05) is 0 Å². The number of halogens is 4. The van der Waals surface area contributed by atoms with E-state index in [0.717, 1.165) is 18.9 Å². The number of aromatic nitrogens is 1. The summed E-state index contributed by atoms with van der Waals surface area (Å²) in [6, 6.07) is 1.09. The lowest BCUT2D eigenvalue weighted by Gasteiger charge is -2.10. The molecular formula is C12H13ClF3N3O. The van der Waals surface area contributed by atoms with E-state index >= 15 is 0 Å². The normalized spacial score (nSPS) is 15.0. The minimum absolute atomic E-state index is 0.0944. The van der Waals surface area contributed by atoms with E-state index in [1.165, 1.54) is 0 Å². The molecule has 0 atom stereocenters. The molecule has 1 heterocycles. The zero-order valence-electron chi connectivity index (χ0n) is 10.4. The predicted octanol–water partition coefficient (Wildman–Crippen LogP) is 2.83. The zero-order valence-corrected chi connectivity index (χ0v) is 11.2. The minimum Gasteiger partial charge on any atom is -0.368 e. The van der Waals surface area contributed by atoms with Crippen molar-refractivity contribution < 1.29 is 18.0 Å². The third-order valence-corrected chi connectivity index (χ3v) is 3.04. The van der Waals surface area contributed by atoms with E-state index in [9.17, 15) is 18.0 Å². The molecule has 1 aromatic heterocycles. The summed E-state index contributed by atoms with van der Waals surface area (Å²) in [5.41, 5.74) is -0.903. The van der Waals surface area contributed by atoms with Crippen LogP contribution in [-0.2, 0) is 11.0 Å². The maximum Gasteiger partial charge on any atom is 0.417 e. The van der Waals surface area contributed by atoms with Crippen molar-refractivity contribution in [1.82, 2.24) is 10.3 Å². The lowest BCUT2D eigenvalue weighted by molar-refractivity contribution is -0.137. The maximum absolute atomic E-state index is 12.4. The molecule has 0 radical (unpaired) electrons. The predicted molar refractivity (Wildman–Crippen MR) is 68.5 cm³/mol. The third kappa shape index (κ3) is 4.26. The van der Waals surface area contributed by atoms with Gasteiger partial charge in [0.1, 0.15) is 5.82 Å². The van der Waals surface area contributed by atoms with Gasteiger partial charge in [0.2, 0.25) is 5.91 Å². The number of carbonyl (C=O) groups is 1. The highest BCUT2D eigenvalue weighted by atomic mass is 35.5. The van der Waals surface area contributed by atoms with Gasteiger partial charge in [0.25, 0.3) is 0 Å². The third-order valence-electron chi connectivity index (χ3n) is 2.76. The number of hydrogen-bond acceptors (Lipinski definition) is 3. The molecule has 1 aliphatic carbocycles. The van der Waals surface area contributed by atoms with Gasteiger partial charge >= 0.3 is 6.18 Å². The minimum atomic E-state index is -4.47. The van der Waals surface area contributed by atoms with Crippen LogP contribution in [0.15, 0.2) is 12.3 Å². The summed E-state index contributed by atoms with van der Waals surface area (Å²) < 4.78 is 37.2. The molecule has 1 saturated carbocycles. The number of amides is 1. The molecule has 1 aliphatic rings. The Morgan fingerprint density at radius 3 is 2.70 bits per heavy atom. The summed E-state index contributed by atoms with van der Waals surface area (Å²) in [5.74, 6) is 0.0434. The van der Waals surface area contributed by atoms with E-state index in [4.69, 9.17) is 11.6 Å². The molecule has 1 fully saturated rings. The van der Waals surface area contributed by atoms with Crippen molar-refractivity contribution in [2.45, 2.75) is 31.5 Å². The van der Waals surface area contributed by atoms with Gasteiger partial charge in [0.05, 0.1) is 10.6 Å². The Morgan fingerprint density at radius 2 is 2.15 bits per heavy atom. The van der Waals surface area contributed by atoms with Crippen molar-refractivity contribution in [3.63, 3.8) is 0 Å². The Balaban J connectivity index is 1.84. The van der Waals surface area contributed by atoms with E-state index in [-0.39, 0.29) is 35.8 Å². The molecule has 0 aliphatic heterocycles. The Labute approximate surface area is 118 Å². The van der Waals surface area contributed by atoms with Crippen LogP contribution < -0.4 is 10.6 Å². The molecule has 8 heteroatoms. The van der Waals surface area contributed by atoms with Gasteiger partial charge in [-0.15, -0.1) is 0 Å². The van der Waals surface area contributed by atoms with Crippen LogP contribution in [0.25, 0.3) is 0 Å². The average molecular weight is 308 g/mol. The Morgan fingerprint density at radius 1 is 1.45 bits per heavy atom. The highest BCUT2D eigenvalue weighted by Gasteiger charge is 2.31. The second-order valence-corrected chi connectivity index (χ2v) is 4.98. The quantitative estimate of drug-likeness (QED) is 0.879. The molecule has 2 N–H and O–H groups in total. The number of anilines is 1. The zero-order chi connectivity index (χ0) is 14.8. The second kappa shape index (κ2) is 5.87. The van der Waals surface area contributed by atoms with Gasteiger partial charge in [-0.3, -0.25) is 4.79 Å². The molecule has 0 unspecified atom stereocenters. The fraction of sp³-hybridized carbons (Fsp3) is 0.500. The molecule has 0 aromatic carbocycles. The lowest BCUT2D eigenvalue weighted by Crippen LogP contribution is -2.27. The van der Waals surface area contributed by atoms with Gasteiger partial charge in [0, 0.05) is 25.2 Å². The number of hydrogen-bond donors (Lipinski definition) is 2. The largest absolute Gasteiger partial charge is 0.417 e. The molecule has 2 rings (SSSR count). The standard InChI is InChI=1S/C12H13ClF3N3O/c13-9-5-7(12(14,15)16)6-18-11(9)17-4-3-10(20)19-8-1-2-8/h5-6,8H,1-4H2,(H,17,18)(H,19,20). The molecule has 1 aromatic rings. The monoisotopic (exact) mass is 307 g/mol. The van der Waals surface area contributed by atoms with Crippen molar-refractivity contribution in [3.05, 3.63) is 22.8 Å². The molecule has 0 spiro atoms. The summed E-state index contributed by atoms with van der Waals surface area (Å²) >= 11 is 5.72. The van der Waals surface area contributed by atoms with Crippen molar-refractivity contribution in [3.8, 4) is 0 Å². The van der Waals surface area contributed by atoms with Crippen LogP contribution in [-0.4, -0.2) is 23.5 Å². The van der Waals surface area contributed by atoms with Crippen LogP contribution in [0.2, 0.25) is 5.02 Å². The number of rotatable bonds is 5. The van der Waals surface area contributed by atoms with E-state index < -0.39 is 11.7 Å². The van der Waals surface area contributed by atoms with E-state index in [1.54, 1.807) is 0 Å². The molecule has 110 valence electrons. The van der Waals surface area contributed by atoms with Crippen LogP contribution in [0.3, 0.4) is 0 Å². The summed E-state index contributed by atoms with van der Waals surface area (Å²) in [7, 11) is 0. The molecule has 4 nitrogen and oxygen atoms in total. The second-order valence-electron chi connectivity index (χ2n) is 4.57. The van der Waals surface area contributed by atoms with Crippen LogP contribution in [0.5, 0.6) is 0 Å². The maximum atomic E-state index is 12.4. The van der Waals surface area contributed by atoms with Gasteiger partial charge in [0.15, 0.2) is 0 Å². The Bertz CT molecular complexity index is 503. The van der Waals surface area contributed by atoms with Crippen molar-refractivity contribution in [2.75, 3.05) is 11.9 Å². The Hall–Kier alpha value is -1.50. The first kappa shape index (κ1) is 14.9. The van der Waals surface area contributed by atoms with Crippen LogP contribution in [0.1, 0.15) is 24.8 Å². The Kier molecular flexibility index (Phi) is 4.37. The SMILES string of the molecule is O=C(CCNc1ncc(C(F)(F)F)cc1Cl)NC1CC1. The molecule has 1 amide bonds. The van der Waals surface area contributed by atoms with Crippen molar-refractivity contribution in [1.29, 1.82) is 0 Å². The summed E-state index contributed by atoms with van der Waals surface area (Å²) in [6.45, 7) is 0.261. The molecule has 0 saturated heterocycles. The highest BCUT2D eigenvalue weighted by molar-refractivity contribution is 6.32. The first-order valence-corrected chi connectivity index (χ1v) is 6.50. The number of nitrogens with one attached hydrogen (secondary N) is 2. The summed E-state index contributed by atoms with van der Waals surface area (Å²) in [5, 5.41) is 5.42. The molecular weight excluding hydrogens is 295 g/mol. The van der Waals surface area contributed by atoms with E-state index in [0.29, 0.717) is 6.20 Å². The number of pyridine rings is 1. The average Bonchev–Trinajstić information content (AvgIpc) is 3.13. The lowest BCUT2D eigenvalue weighted by atomic mass is 10.2. The van der Waals surface area contributed by atoms with Crippen LogP contribution in [0.4, 0.5) is 19.0 Å². The summed E-state index contributed by atoms with van der Waals surface area (Å²) in [6.07, 6.45) is -1.54. The topological polar surface area (TPSA) is 54.0 Å². The number of nitrogens with zero attached hydrogens (tertiary/aromatic N) is 1. The van der Waals surface area contributed by atoms with Crippen molar-refractivity contribution >= 4 is 23.3 Å². The van der Waals surface area contributed by atoms with Crippen LogP contribution in [0, 0.1) is 0 Å². The molecule has 0 bridgehead atoms. The van der Waals surface area contributed by atoms with Gasteiger partial charge in [-0.2, -0.15) is 13.2 Å². The van der Waals surface area contributed by atoms with Gasteiger partial charge in [-0.25, -0.2) is 4.98 Å².